The summed E-state index contributed by atoms with van der Waals surface area (Å²) in [5.74, 6) is -0.773. The Hall–Kier alpha value is -3.26. The average molecular weight is 369 g/mol. The summed E-state index contributed by atoms with van der Waals surface area (Å²) in [6.45, 7) is -0.00469. The van der Waals surface area contributed by atoms with Gasteiger partial charge in [0, 0.05) is 10.9 Å². The topological polar surface area (TPSA) is 80.3 Å². The first-order valence-electron chi connectivity index (χ1n) is 7.68. The maximum atomic E-state index is 13.7. The van der Waals surface area contributed by atoms with Crippen molar-refractivity contribution in [1.82, 2.24) is 4.98 Å². The highest BCUT2D eigenvalue weighted by molar-refractivity contribution is 7.14. The fourth-order valence-corrected chi connectivity index (χ4v) is 3.23. The molecule has 6 nitrogen and oxygen atoms in total. The van der Waals surface area contributed by atoms with Gasteiger partial charge in [-0.25, -0.2) is 9.37 Å². The fraction of sp³-hybridized carbons (Fsp3) is 0.0556. The summed E-state index contributed by atoms with van der Waals surface area (Å²) < 4.78 is 19.0. The molecule has 0 fully saturated rings. The lowest BCUT2D eigenvalue weighted by molar-refractivity contribution is -0.118. The number of fused-ring (bicyclic) bond motifs is 1. The van der Waals surface area contributed by atoms with Gasteiger partial charge in [0.25, 0.3) is 11.8 Å². The van der Waals surface area contributed by atoms with E-state index in [0.29, 0.717) is 22.3 Å². The van der Waals surface area contributed by atoms with Crippen LogP contribution in [0.5, 0.6) is 5.75 Å². The molecule has 1 aromatic heterocycles. The monoisotopic (exact) mass is 369 g/mol. The number of benzene rings is 2. The lowest BCUT2D eigenvalue weighted by atomic mass is 10.1. The Balaban J connectivity index is 1.55. The Bertz CT molecular complexity index is 1020. The van der Waals surface area contributed by atoms with Crippen molar-refractivity contribution in [1.29, 1.82) is 0 Å². The number of halogens is 1. The molecule has 3 aromatic rings. The van der Waals surface area contributed by atoms with Gasteiger partial charge in [0.1, 0.15) is 11.6 Å². The maximum Gasteiger partial charge on any atom is 0.262 e. The molecule has 26 heavy (non-hydrogen) atoms. The summed E-state index contributed by atoms with van der Waals surface area (Å²) >= 11 is 1.23. The average Bonchev–Trinajstić information content (AvgIpc) is 3.10. The second-order valence-corrected chi connectivity index (χ2v) is 6.38. The number of nitrogens with zero attached hydrogens (tertiary/aromatic N) is 1. The van der Waals surface area contributed by atoms with Gasteiger partial charge in [-0.2, -0.15) is 0 Å². The number of thiazole rings is 1. The van der Waals surface area contributed by atoms with Crippen LogP contribution in [0.2, 0.25) is 0 Å². The van der Waals surface area contributed by atoms with Crippen molar-refractivity contribution >= 4 is 34.0 Å². The van der Waals surface area contributed by atoms with Gasteiger partial charge in [0.2, 0.25) is 0 Å². The molecule has 0 bridgehead atoms. The summed E-state index contributed by atoms with van der Waals surface area (Å²) in [7, 11) is 0. The van der Waals surface area contributed by atoms with Crippen molar-refractivity contribution in [3.05, 3.63) is 59.2 Å². The maximum absolute atomic E-state index is 13.7. The molecule has 0 spiro atoms. The third kappa shape index (κ3) is 3.14. The Labute approximate surface area is 151 Å². The molecule has 0 aliphatic carbocycles. The molecule has 0 unspecified atom stereocenters. The summed E-state index contributed by atoms with van der Waals surface area (Å²) in [6.07, 6.45) is 0. The molecule has 8 heteroatoms. The number of hydrogen-bond acceptors (Lipinski definition) is 5. The molecule has 0 saturated heterocycles. The molecule has 4 rings (SSSR count). The van der Waals surface area contributed by atoms with Crippen LogP contribution in [0.4, 0.5) is 15.2 Å². The summed E-state index contributed by atoms with van der Waals surface area (Å²) in [5.41, 5.74) is 1.92. The molecule has 0 saturated carbocycles. The number of amides is 2. The Kier molecular flexibility index (Phi) is 4.10. The van der Waals surface area contributed by atoms with E-state index in [0.717, 1.165) is 5.56 Å². The lowest BCUT2D eigenvalue weighted by Crippen LogP contribution is -2.25. The molecule has 130 valence electrons. The zero-order valence-electron chi connectivity index (χ0n) is 13.3. The Morgan fingerprint density at radius 1 is 1.27 bits per heavy atom. The fourth-order valence-electron chi connectivity index (χ4n) is 2.52. The summed E-state index contributed by atoms with van der Waals surface area (Å²) in [6, 6.07) is 11.1. The van der Waals surface area contributed by atoms with Crippen molar-refractivity contribution < 1.29 is 18.7 Å². The third-order valence-corrected chi connectivity index (χ3v) is 4.51. The number of rotatable bonds is 3. The highest BCUT2D eigenvalue weighted by atomic mass is 32.1. The van der Waals surface area contributed by atoms with Crippen LogP contribution in [0, 0.1) is 5.82 Å². The molecule has 1 aliphatic rings. The van der Waals surface area contributed by atoms with Crippen molar-refractivity contribution in [2.75, 3.05) is 17.2 Å². The van der Waals surface area contributed by atoms with Crippen LogP contribution < -0.4 is 15.4 Å². The van der Waals surface area contributed by atoms with Crippen LogP contribution >= 0.6 is 11.3 Å². The second kappa shape index (κ2) is 6.57. The van der Waals surface area contributed by atoms with E-state index < -0.39 is 11.7 Å². The number of hydrogen-bond donors (Lipinski definition) is 2. The van der Waals surface area contributed by atoms with Crippen LogP contribution in [0.3, 0.4) is 0 Å². The molecule has 2 amide bonds. The molecule has 2 N–H and O–H groups in total. The molecular formula is C18H12FN3O3S. The number of carbonyl (C=O) groups excluding carboxylic acids is 2. The highest BCUT2D eigenvalue weighted by Crippen LogP contribution is 2.33. The van der Waals surface area contributed by atoms with Gasteiger partial charge in [-0.15, -0.1) is 11.3 Å². The zero-order chi connectivity index (χ0) is 18.1. The van der Waals surface area contributed by atoms with E-state index in [-0.39, 0.29) is 18.1 Å². The number of aromatic nitrogens is 1. The zero-order valence-corrected chi connectivity index (χ0v) is 14.1. The normalized spacial score (nSPS) is 12.7. The van der Waals surface area contributed by atoms with Gasteiger partial charge < -0.3 is 10.1 Å². The minimum atomic E-state index is -0.591. The van der Waals surface area contributed by atoms with E-state index in [1.54, 1.807) is 23.6 Å². The van der Waals surface area contributed by atoms with Crippen molar-refractivity contribution in [2.45, 2.75) is 0 Å². The number of anilines is 2. The van der Waals surface area contributed by atoms with Crippen LogP contribution in [-0.2, 0) is 4.79 Å². The Morgan fingerprint density at radius 2 is 2.12 bits per heavy atom. The first kappa shape index (κ1) is 16.2. The molecule has 0 atom stereocenters. The van der Waals surface area contributed by atoms with E-state index in [9.17, 15) is 14.0 Å². The number of ether oxygens (including phenoxy) is 1. The van der Waals surface area contributed by atoms with Gasteiger partial charge in [-0.05, 0) is 30.3 Å². The van der Waals surface area contributed by atoms with Gasteiger partial charge in [0.15, 0.2) is 11.7 Å². The smallest absolute Gasteiger partial charge is 0.262 e. The Morgan fingerprint density at radius 3 is 2.96 bits per heavy atom. The molecule has 1 aliphatic heterocycles. The molecule has 2 aromatic carbocycles. The first-order valence-corrected chi connectivity index (χ1v) is 8.56. The number of nitrogens with one attached hydrogen (secondary N) is 2. The molecule has 0 radical (unpaired) electrons. The SMILES string of the molecule is O=C1COc2ccc(-c3csc(NC(=O)c4ccccc4F)n3)cc2N1. The van der Waals surface area contributed by atoms with Gasteiger partial charge in [-0.1, -0.05) is 12.1 Å². The predicted molar refractivity (Wildman–Crippen MR) is 96.0 cm³/mol. The van der Waals surface area contributed by atoms with Crippen molar-refractivity contribution in [3.8, 4) is 17.0 Å². The predicted octanol–water partition coefficient (Wildman–Crippen LogP) is 3.53. The van der Waals surface area contributed by atoms with Crippen LogP contribution in [0.1, 0.15) is 10.4 Å². The second-order valence-electron chi connectivity index (χ2n) is 5.52. The molecule has 2 heterocycles. The third-order valence-electron chi connectivity index (χ3n) is 3.75. The quantitative estimate of drug-likeness (QED) is 0.740. The van der Waals surface area contributed by atoms with E-state index >= 15 is 0 Å². The van der Waals surface area contributed by atoms with Crippen molar-refractivity contribution in [2.24, 2.45) is 0 Å². The van der Waals surface area contributed by atoms with Gasteiger partial charge in [0.05, 0.1) is 16.9 Å². The van der Waals surface area contributed by atoms with E-state index in [4.69, 9.17) is 4.74 Å². The first-order chi connectivity index (χ1) is 12.6. The largest absolute Gasteiger partial charge is 0.482 e. The lowest BCUT2D eigenvalue weighted by Gasteiger charge is -2.18. The van der Waals surface area contributed by atoms with E-state index in [2.05, 4.69) is 15.6 Å². The van der Waals surface area contributed by atoms with Gasteiger partial charge in [-0.3, -0.25) is 14.9 Å². The summed E-state index contributed by atoms with van der Waals surface area (Å²) in [5, 5.41) is 7.45. The number of carbonyl (C=O) groups is 2. The van der Waals surface area contributed by atoms with Crippen LogP contribution in [0.25, 0.3) is 11.3 Å². The van der Waals surface area contributed by atoms with Crippen molar-refractivity contribution in [3.63, 3.8) is 0 Å². The molecular weight excluding hydrogens is 357 g/mol. The minimum absolute atomic E-state index is 0.00469. The summed E-state index contributed by atoms with van der Waals surface area (Å²) in [4.78, 5) is 27.9. The minimum Gasteiger partial charge on any atom is -0.482 e. The van der Waals surface area contributed by atoms with Gasteiger partial charge >= 0.3 is 0 Å². The van der Waals surface area contributed by atoms with E-state index in [1.165, 1.54) is 29.5 Å². The van der Waals surface area contributed by atoms with E-state index in [1.807, 2.05) is 6.07 Å². The standard InChI is InChI=1S/C18H12FN3O3S/c19-12-4-2-1-3-11(12)17(24)22-18-21-14(9-26-18)10-5-6-15-13(7-10)20-16(23)8-25-15/h1-7,9H,8H2,(H,20,23)(H,21,22,24). The van der Waals surface area contributed by atoms with Crippen LogP contribution in [0.15, 0.2) is 47.8 Å². The van der Waals surface area contributed by atoms with Crippen LogP contribution in [-0.4, -0.2) is 23.4 Å². The highest BCUT2D eigenvalue weighted by Gasteiger charge is 2.18.